The minimum atomic E-state index is -0.0167. The second kappa shape index (κ2) is 4.38. The van der Waals surface area contributed by atoms with Gasteiger partial charge in [0.25, 0.3) is 0 Å². The molecule has 1 aliphatic heterocycles. The molecular formula is C15H19N3O. The molecule has 0 amide bonds. The summed E-state index contributed by atoms with van der Waals surface area (Å²) in [6, 6.07) is 8.02. The first-order valence-corrected chi connectivity index (χ1v) is 6.58. The van der Waals surface area contributed by atoms with Crippen molar-refractivity contribution in [2.75, 3.05) is 30.4 Å². The van der Waals surface area contributed by atoms with E-state index in [1.165, 1.54) is 5.69 Å². The maximum absolute atomic E-state index is 6.02. The first-order valence-electron chi connectivity index (χ1n) is 6.58. The number of fused-ring (bicyclic) bond motifs is 1. The van der Waals surface area contributed by atoms with Crippen molar-refractivity contribution in [1.82, 2.24) is 4.98 Å². The Balaban J connectivity index is 2.17. The van der Waals surface area contributed by atoms with E-state index in [1.807, 2.05) is 18.3 Å². The fraction of sp³-hybridized carbons (Fsp3) is 0.400. The SMILES string of the molecule is CC1(C)COCCN1c1ccnc2c(N)cccc12. The van der Waals surface area contributed by atoms with Crippen LogP contribution in [0.1, 0.15) is 13.8 Å². The van der Waals surface area contributed by atoms with Crippen LogP contribution in [0.3, 0.4) is 0 Å². The van der Waals surface area contributed by atoms with Gasteiger partial charge >= 0.3 is 0 Å². The van der Waals surface area contributed by atoms with Crippen LogP contribution in [0.2, 0.25) is 0 Å². The lowest BCUT2D eigenvalue weighted by molar-refractivity contribution is 0.0645. The van der Waals surface area contributed by atoms with Gasteiger partial charge in [-0.25, -0.2) is 0 Å². The number of hydrogen-bond donors (Lipinski definition) is 1. The van der Waals surface area contributed by atoms with Gasteiger partial charge in [0.2, 0.25) is 0 Å². The second-order valence-corrected chi connectivity index (χ2v) is 5.59. The normalized spacial score (nSPS) is 18.7. The molecule has 2 N–H and O–H groups in total. The van der Waals surface area contributed by atoms with Crippen molar-refractivity contribution in [3.05, 3.63) is 30.5 Å². The molecule has 0 radical (unpaired) electrons. The summed E-state index contributed by atoms with van der Waals surface area (Å²) in [5, 5.41) is 1.11. The zero-order valence-electron chi connectivity index (χ0n) is 11.4. The molecule has 19 heavy (non-hydrogen) atoms. The van der Waals surface area contributed by atoms with Gasteiger partial charge in [0.15, 0.2) is 0 Å². The van der Waals surface area contributed by atoms with E-state index < -0.39 is 0 Å². The average molecular weight is 257 g/mol. The molecule has 100 valence electrons. The molecule has 0 bridgehead atoms. The van der Waals surface area contributed by atoms with Crippen LogP contribution < -0.4 is 10.6 Å². The highest BCUT2D eigenvalue weighted by Crippen LogP contribution is 2.33. The lowest BCUT2D eigenvalue weighted by Crippen LogP contribution is -2.53. The van der Waals surface area contributed by atoms with Crippen molar-refractivity contribution in [3.63, 3.8) is 0 Å². The van der Waals surface area contributed by atoms with Crippen LogP contribution in [-0.2, 0) is 4.74 Å². The number of para-hydroxylation sites is 1. The molecule has 1 aliphatic rings. The predicted molar refractivity (Wildman–Crippen MR) is 78.4 cm³/mol. The van der Waals surface area contributed by atoms with Crippen LogP contribution in [0.15, 0.2) is 30.5 Å². The van der Waals surface area contributed by atoms with Crippen molar-refractivity contribution in [2.45, 2.75) is 19.4 Å². The van der Waals surface area contributed by atoms with Crippen molar-refractivity contribution in [3.8, 4) is 0 Å². The fourth-order valence-electron chi connectivity index (χ4n) is 2.72. The van der Waals surface area contributed by atoms with E-state index in [0.29, 0.717) is 0 Å². The molecule has 1 saturated heterocycles. The molecule has 1 aromatic heterocycles. The number of aromatic nitrogens is 1. The van der Waals surface area contributed by atoms with Crippen LogP contribution in [0.5, 0.6) is 0 Å². The molecule has 0 unspecified atom stereocenters. The van der Waals surface area contributed by atoms with Crippen molar-refractivity contribution < 1.29 is 4.74 Å². The zero-order valence-corrected chi connectivity index (χ0v) is 11.4. The number of pyridine rings is 1. The minimum absolute atomic E-state index is 0.0167. The molecule has 2 aromatic rings. The Kier molecular flexibility index (Phi) is 2.82. The third-order valence-electron chi connectivity index (χ3n) is 3.72. The Morgan fingerprint density at radius 1 is 1.32 bits per heavy atom. The number of morpholine rings is 1. The number of nitrogens with two attached hydrogens (primary N) is 1. The third-order valence-corrected chi connectivity index (χ3v) is 3.72. The van der Waals surface area contributed by atoms with Crippen LogP contribution in [0.25, 0.3) is 10.9 Å². The maximum atomic E-state index is 6.02. The quantitative estimate of drug-likeness (QED) is 0.797. The van der Waals surface area contributed by atoms with Crippen molar-refractivity contribution in [2.24, 2.45) is 0 Å². The molecule has 0 atom stereocenters. The van der Waals surface area contributed by atoms with E-state index in [4.69, 9.17) is 10.5 Å². The van der Waals surface area contributed by atoms with E-state index in [9.17, 15) is 0 Å². The number of anilines is 2. The monoisotopic (exact) mass is 257 g/mol. The van der Waals surface area contributed by atoms with Crippen molar-refractivity contribution in [1.29, 1.82) is 0 Å². The predicted octanol–water partition coefficient (Wildman–Crippen LogP) is 2.43. The standard InChI is InChI=1S/C15H19N3O/c1-15(2)10-19-9-8-18(15)13-6-7-17-14-11(13)4-3-5-12(14)16/h3-7H,8-10,16H2,1-2H3. The number of rotatable bonds is 1. The Morgan fingerprint density at radius 2 is 2.16 bits per heavy atom. The lowest BCUT2D eigenvalue weighted by atomic mass is 10.00. The molecule has 1 aromatic carbocycles. The van der Waals surface area contributed by atoms with Gasteiger partial charge in [-0.05, 0) is 26.0 Å². The molecule has 3 rings (SSSR count). The maximum Gasteiger partial charge on any atom is 0.0951 e. The molecule has 0 aliphatic carbocycles. The highest BCUT2D eigenvalue weighted by Gasteiger charge is 2.31. The van der Waals surface area contributed by atoms with Gasteiger partial charge < -0.3 is 15.4 Å². The summed E-state index contributed by atoms with van der Waals surface area (Å²) >= 11 is 0. The Bertz CT molecular complexity index is 609. The zero-order chi connectivity index (χ0) is 13.5. The van der Waals surface area contributed by atoms with Gasteiger partial charge in [-0.1, -0.05) is 12.1 Å². The number of nitrogen functional groups attached to an aromatic ring is 1. The fourth-order valence-corrected chi connectivity index (χ4v) is 2.72. The smallest absolute Gasteiger partial charge is 0.0951 e. The summed E-state index contributed by atoms with van der Waals surface area (Å²) in [6.45, 7) is 6.78. The topological polar surface area (TPSA) is 51.4 Å². The number of benzene rings is 1. The number of nitrogens with zero attached hydrogens (tertiary/aromatic N) is 2. The number of ether oxygens (including phenoxy) is 1. The lowest BCUT2D eigenvalue weighted by Gasteiger charge is -2.44. The van der Waals surface area contributed by atoms with E-state index in [1.54, 1.807) is 0 Å². The van der Waals surface area contributed by atoms with Gasteiger partial charge in [0, 0.05) is 23.8 Å². The first-order chi connectivity index (χ1) is 9.09. The van der Waals surface area contributed by atoms with E-state index >= 15 is 0 Å². The molecule has 0 spiro atoms. The van der Waals surface area contributed by atoms with Gasteiger partial charge in [0.1, 0.15) is 0 Å². The molecule has 2 heterocycles. The minimum Gasteiger partial charge on any atom is -0.397 e. The molecule has 4 heteroatoms. The summed E-state index contributed by atoms with van der Waals surface area (Å²) in [7, 11) is 0. The molecule has 0 saturated carbocycles. The summed E-state index contributed by atoms with van der Waals surface area (Å²) in [5.41, 5.74) is 8.79. The number of hydrogen-bond acceptors (Lipinski definition) is 4. The molecule has 1 fully saturated rings. The molecular weight excluding hydrogens is 238 g/mol. The Morgan fingerprint density at radius 3 is 2.95 bits per heavy atom. The van der Waals surface area contributed by atoms with E-state index in [-0.39, 0.29) is 5.54 Å². The molecule has 4 nitrogen and oxygen atoms in total. The summed E-state index contributed by atoms with van der Waals surface area (Å²) in [6.07, 6.45) is 1.83. The van der Waals surface area contributed by atoms with Gasteiger partial charge in [0.05, 0.1) is 30.0 Å². The second-order valence-electron chi connectivity index (χ2n) is 5.59. The summed E-state index contributed by atoms with van der Waals surface area (Å²) < 4.78 is 5.59. The first kappa shape index (κ1) is 12.2. The van der Waals surface area contributed by atoms with Crippen LogP contribution >= 0.6 is 0 Å². The van der Waals surface area contributed by atoms with E-state index in [0.717, 1.165) is 36.3 Å². The van der Waals surface area contributed by atoms with Gasteiger partial charge in [-0.3, -0.25) is 4.98 Å². The Labute approximate surface area is 113 Å². The highest BCUT2D eigenvalue weighted by molar-refractivity contribution is 5.98. The van der Waals surface area contributed by atoms with Gasteiger partial charge in [-0.2, -0.15) is 0 Å². The van der Waals surface area contributed by atoms with Gasteiger partial charge in [-0.15, -0.1) is 0 Å². The van der Waals surface area contributed by atoms with Crippen LogP contribution in [0, 0.1) is 0 Å². The van der Waals surface area contributed by atoms with Crippen molar-refractivity contribution >= 4 is 22.3 Å². The third kappa shape index (κ3) is 2.02. The summed E-state index contributed by atoms with van der Waals surface area (Å²) in [5.74, 6) is 0. The average Bonchev–Trinajstić information content (AvgIpc) is 2.39. The Hall–Kier alpha value is -1.81. The highest BCUT2D eigenvalue weighted by atomic mass is 16.5. The van der Waals surface area contributed by atoms with Crippen LogP contribution in [-0.4, -0.2) is 30.3 Å². The van der Waals surface area contributed by atoms with E-state index in [2.05, 4.69) is 35.9 Å². The summed E-state index contributed by atoms with van der Waals surface area (Å²) in [4.78, 5) is 6.79. The largest absolute Gasteiger partial charge is 0.397 e. The van der Waals surface area contributed by atoms with Crippen LogP contribution in [0.4, 0.5) is 11.4 Å².